The van der Waals surface area contributed by atoms with Gasteiger partial charge < -0.3 is 10.8 Å². The first-order valence-electron chi connectivity index (χ1n) is 6.61. The summed E-state index contributed by atoms with van der Waals surface area (Å²) in [6.07, 6.45) is 0.653. The molecule has 20 heavy (non-hydrogen) atoms. The monoisotopic (exact) mass is 264 g/mol. The summed E-state index contributed by atoms with van der Waals surface area (Å²) < 4.78 is 0. The summed E-state index contributed by atoms with van der Waals surface area (Å²) >= 11 is 0. The van der Waals surface area contributed by atoms with Crippen molar-refractivity contribution in [2.45, 2.75) is 12.5 Å². The molecule has 0 spiro atoms. The largest absolute Gasteiger partial charge is 0.508 e. The van der Waals surface area contributed by atoms with Crippen LogP contribution in [0.1, 0.15) is 17.3 Å². The Kier molecular flexibility index (Phi) is 3.35. The Morgan fingerprint density at radius 1 is 1.00 bits per heavy atom. The van der Waals surface area contributed by atoms with Gasteiger partial charge in [-0.3, -0.25) is 4.98 Å². The van der Waals surface area contributed by atoms with Crippen LogP contribution in [0.2, 0.25) is 0 Å². The summed E-state index contributed by atoms with van der Waals surface area (Å²) in [6, 6.07) is 19.0. The molecule has 100 valence electrons. The topological polar surface area (TPSA) is 59.1 Å². The molecule has 3 aromatic rings. The molecule has 3 nitrogen and oxygen atoms in total. The molecule has 1 atom stereocenters. The molecule has 3 rings (SSSR count). The zero-order valence-electron chi connectivity index (χ0n) is 11.0. The van der Waals surface area contributed by atoms with Crippen molar-refractivity contribution in [3.05, 3.63) is 71.9 Å². The van der Waals surface area contributed by atoms with Crippen LogP contribution in [0, 0.1) is 0 Å². The summed E-state index contributed by atoms with van der Waals surface area (Å²) in [5.74, 6) is 0.265. The quantitative estimate of drug-likeness (QED) is 0.763. The fourth-order valence-corrected chi connectivity index (χ4v) is 2.33. The molecule has 3 N–H and O–H groups in total. The zero-order chi connectivity index (χ0) is 13.9. The van der Waals surface area contributed by atoms with Crippen molar-refractivity contribution in [3.63, 3.8) is 0 Å². The maximum Gasteiger partial charge on any atom is 0.115 e. The van der Waals surface area contributed by atoms with Crippen LogP contribution < -0.4 is 5.73 Å². The molecule has 0 saturated carbocycles. The summed E-state index contributed by atoms with van der Waals surface area (Å²) in [7, 11) is 0. The van der Waals surface area contributed by atoms with E-state index in [-0.39, 0.29) is 11.8 Å². The molecule has 1 unspecified atom stereocenters. The molecular weight excluding hydrogens is 248 g/mol. The van der Waals surface area contributed by atoms with Gasteiger partial charge in [-0.05, 0) is 36.2 Å². The van der Waals surface area contributed by atoms with Gasteiger partial charge in [-0.2, -0.15) is 0 Å². The normalized spacial score (nSPS) is 12.4. The fraction of sp³-hybridized carbons (Fsp3) is 0.118. The van der Waals surface area contributed by atoms with E-state index in [2.05, 4.69) is 4.98 Å². The van der Waals surface area contributed by atoms with Gasteiger partial charge in [0.2, 0.25) is 0 Å². The number of nitrogens with two attached hydrogens (primary N) is 1. The number of hydrogen-bond donors (Lipinski definition) is 2. The number of rotatable bonds is 3. The number of aromatic hydroxyl groups is 1. The second kappa shape index (κ2) is 5.31. The van der Waals surface area contributed by atoms with E-state index in [1.54, 1.807) is 12.1 Å². The van der Waals surface area contributed by atoms with Gasteiger partial charge in [0.05, 0.1) is 17.3 Å². The van der Waals surface area contributed by atoms with Crippen molar-refractivity contribution in [2.24, 2.45) is 5.73 Å². The first-order chi connectivity index (χ1) is 9.72. The Hall–Kier alpha value is -2.39. The molecular formula is C17H16N2O. The summed E-state index contributed by atoms with van der Waals surface area (Å²) in [4.78, 5) is 4.61. The van der Waals surface area contributed by atoms with Crippen LogP contribution >= 0.6 is 0 Å². The van der Waals surface area contributed by atoms with Gasteiger partial charge >= 0.3 is 0 Å². The van der Waals surface area contributed by atoms with E-state index in [0.717, 1.165) is 22.2 Å². The summed E-state index contributed by atoms with van der Waals surface area (Å²) in [5, 5.41) is 10.6. The Morgan fingerprint density at radius 3 is 2.70 bits per heavy atom. The molecule has 1 heterocycles. The summed E-state index contributed by atoms with van der Waals surface area (Å²) in [6.45, 7) is 0. The highest BCUT2D eigenvalue weighted by atomic mass is 16.3. The minimum absolute atomic E-state index is 0.179. The highest BCUT2D eigenvalue weighted by Gasteiger charge is 2.09. The molecule has 3 heteroatoms. The molecule has 0 aliphatic rings. The van der Waals surface area contributed by atoms with Crippen LogP contribution in [-0.4, -0.2) is 10.1 Å². The van der Waals surface area contributed by atoms with Gasteiger partial charge in [0.15, 0.2) is 0 Å². The van der Waals surface area contributed by atoms with Crippen LogP contribution in [0.15, 0.2) is 60.7 Å². The molecule has 0 radical (unpaired) electrons. The lowest BCUT2D eigenvalue weighted by Crippen LogP contribution is -2.14. The smallest absolute Gasteiger partial charge is 0.115 e. The van der Waals surface area contributed by atoms with E-state index in [4.69, 9.17) is 5.73 Å². The van der Waals surface area contributed by atoms with Crippen molar-refractivity contribution in [3.8, 4) is 5.75 Å². The third kappa shape index (κ3) is 2.63. The van der Waals surface area contributed by atoms with E-state index in [1.165, 1.54) is 0 Å². The van der Waals surface area contributed by atoms with Crippen LogP contribution in [0.3, 0.4) is 0 Å². The second-order valence-electron chi connectivity index (χ2n) is 4.91. The predicted octanol–water partition coefficient (Wildman–Crippen LogP) is 3.18. The number of aromatic nitrogens is 1. The van der Waals surface area contributed by atoms with Gasteiger partial charge in [0.1, 0.15) is 5.75 Å². The zero-order valence-corrected chi connectivity index (χ0v) is 11.0. The SMILES string of the molecule is NC(Cc1cccc(O)c1)c1ccc2ccccc2n1. The standard InChI is InChI=1S/C17H16N2O/c18-15(11-12-4-3-6-14(20)10-12)17-9-8-13-5-1-2-7-16(13)19-17/h1-10,15,20H,11,18H2. The molecule has 1 aromatic heterocycles. The predicted molar refractivity (Wildman–Crippen MR) is 80.5 cm³/mol. The van der Waals surface area contributed by atoms with Crippen molar-refractivity contribution in [2.75, 3.05) is 0 Å². The average molecular weight is 264 g/mol. The Labute approximate surface area is 117 Å². The van der Waals surface area contributed by atoms with Gasteiger partial charge in [-0.25, -0.2) is 0 Å². The number of fused-ring (bicyclic) bond motifs is 1. The highest BCUT2D eigenvalue weighted by Crippen LogP contribution is 2.20. The maximum atomic E-state index is 9.48. The lowest BCUT2D eigenvalue weighted by molar-refractivity contribution is 0.474. The number of hydrogen-bond acceptors (Lipinski definition) is 3. The number of phenols is 1. The van der Waals surface area contributed by atoms with E-state index in [1.807, 2.05) is 48.5 Å². The fourth-order valence-electron chi connectivity index (χ4n) is 2.33. The maximum absolute atomic E-state index is 9.48. The Morgan fingerprint density at radius 2 is 1.85 bits per heavy atom. The molecule has 2 aromatic carbocycles. The third-order valence-corrected chi connectivity index (χ3v) is 3.37. The Bertz CT molecular complexity index is 740. The molecule has 0 aliphatic carbocycles. The summed E-state index contributed by atoms with van der Waals surface area (Å²) in [5.41, 5.74) is 9.05. The van der Waals surface area contributed by atoms with Crippen molar-refractivity contribution >= 4 is 10.9 Å². The van der Waals surface area contributed by atoms with E-state index in [0.29, 0.717) is 6.42 Å². The lowest BCUT2D eigenvalue weighted by Gasteiger charge is -2.12. The van der Waals surface area contributed by atoms with E-state index in [9.17, 15) is 5.11 Å². The minimum atomic E-state index is -0.179. The van der Waals surface area contributed by atoms with Crippen LogP contribution in [-0.2, 0) is 6.42 Å². The van der Waals surface area contributed by atoms with Gasteiger partial charge in [-0.1, -0.05) is 36.4 Å². The molecule has 0 fully saturated rings. The highest BCUT2D eigenvalue weighted by molar-refractivity contribution is 5.78. The third-order valence-electron chi connectivity index (χ3n) is 3.37. The Balaban J connectivity index is 1.86. The van der Waals surface area contributed by atoms with Gasteiger partial charge in [0, 0.05) is 5.39 Å². The lowest BCUT2D eigenvalue weighted by atomic mass is 10.0. The molecule has 0 amide bonds. The van der Waals surface area contributed by atoms with E-state index >= 15 is 0 Å². The number of pyridine rings is 1. The van der Waals surface area contributed by atoms with Crippen molar-refractivity contribution in [1.82, 2.24) is 4.98 Å². The van der Waals surface area contributed by atoms with Crippen LogP contribution in [0.4, 0.5) is 0 Å². The van der Waals surface area contributed by atoms with Crippen LogP contribution in [0.25, 0.3) is 10.9 Å². The first-order valence-corrected chi connectivity index (χ1v) is 6.61. The molecule has 0 bridgehead atoms. The van der Waals surface area contributed by atoms with Crippen LogP contribution in [0.5, 0.6) is 5.75 Å². The van der Waals surface area contributed by atoms with E-state index < -0.39 is 0 Å². The number of phenolic OH excluding ortho intramolecular Hbond substituents is 1. The molecule has 0 saturated heterocycles. The second-order valence-corrected chi connectivity index (χ2v) is 4.91. The van der Waals surface area contributed by atoms with Gasteiger partial charge in [0.25, 0.3) is 0 Å². The first kappa shape index (κ1) is 12.6. The number of benzene rings is 2. The number of para-hydroxylation sites is 1. The van der Waals surface area contributed by atoms with Crippen molar-refractivity contribution < 1.29 is 5.11 Å². The number of nitrogens with zero attached hydrogens (tertiary/aromatic N) is 1. The molecule has 0 aliphatic heterocycles. The van der Waals surface area contributed by atoms with Gasteiger partial charge in [-0.15, -0.1) is 0 Å². The minimum Gasteiger partial charge on any atom is -0.508 e. The van der Waals surface area contributed by atoms with Crippen molar-refractivity contribution in [1.29, 1.82) is 0 Å². The average Bonchev–Trinajstić information content (AvgIpc) is 2.47.